The van der Waals surface area contributed by atoms with Crippen molar-refractivity contribution in [3.05, 3.63) is 30.3 Å². The van der Waals surface area contributed by atoms with Crippen molar-refractivity contribution in [2.45, 2.75) is 19.4 Å². The van der Waals surface area contributed by atoms with Crippen LogP contribution in [0.1, 0.15) is 13.3 Å². The Balaban J connectivity index is 2.01. The molecule has 1 aromatic rings. The van der Waals surface area contributed by atoms with Crippen molar-refractivity contribution in [2.75, 3.05) is 5.32 Å². The van der Waals surface area contributed by atoms with Crippen molar-refractivity contribution in [1.82, 2.24) is 0 Å². The molecule has 0 aromatic heterocycles. The maximum atomic E-state index is 11.8. The summed E-state index contributed by atoms with van der Waals surface area (Å²) >= 11 is 0. The van der Waals surface area contributed by atoms with Gasteiger partial charge in [0, 0.05) is 12.1 Å². The second kappa shape index (κ2) is 4.35. The molecule has 4 heteroatoms. The zero-order chi connectivity index (χ0) is 11.5. The van der Waals surface area contributed by atoms with Crippen LogP contribution in [-0.4, -0.2) is 18.0 Å². The number of anilines is 1. The quantitative estimate of drug-likeness (QED) is 0.607. The molecule has 2 rings (SSSR count). The number of rotatable bonds is 2. The summed E-state index contributed by atoms with van der Waals surface area (Å²) < 4.78 is 4.93. The van der Waals surface area contributed by atoms with Crippen LogP contribution in [0.15, 0.2) is 30.3 Å². The van der Waals surface area contributed by atoms with Crippen LogP contribution in [0.25, 0.3) is 0 Å². The molecule has 1 aliphatic rings. The van der Waals surface area contributed by atoms with Gasteiger partial charge in [-0.3, -0.25) is 9.59 Å². The van der Waals surface area contributed by atoms with Crippen LogP contribution in [0.4, 0.5) is 5.69 Å². The largest absolute Gasteiger partial charge is 0.462 e. The van der Waals surface area contributed by atoms with Crippen LogP contribution in [0, 0.1) is 5.92 Å². The maximum absolute atomic E-state index is 11.8. The van der Waals surface area contributed by atoms with E-state index in [1.165, 1.54) is 0 Å². The Morgan fingerprint density at radius 1 is 1.38 bits per heavy atom. The van der Waals surface area contributed by atoms with Crippen LogP contribution >= 0.6 is 0 Å². The molecular weight excluding hydrogens is 206 g/mol. The normalized spacial score (nSPS) is 23.9. The number of hydrogen-bond donors (Lipinski definition) is 1. The first kappa shape index (κ1) is 10.7. The average Bonchev–Trinajstić information content (AvgIpc) is 2.59. The second-order valence-corrected chi connectivity index (χ2v) is 3.89. The topological polar surface area (TPSA) is 55.4 Å². The highest BCUT2D eigenvalue weighted by Crippen LogP contribution is 2.22. The van der Waals surface area contributed by atoms with Crippen LogP contribution in [0.2, 0.25) is 0 Å². The molecule has 16 heavy (non-hydrogen) atoms. The molecule has 0 unspecified atom stereocenters. The van der Waals surface area contributed by atoms with Gasteiger partial charge >= 0.3 is 5.97 Å². The standard InChI is InChI=1S/C12H13NO3/c1-8-7-10(12(15)16-8)11(14)13-9-5-3-2-4-6-9/h2-6,8,10H,7H2,1H3,(H,13,14)/t8-,10-/m0/s1. The monoisotopic (exact) mass is 219 g/mol. The summed E-state index contributed by atoms with van der Waals surface area (Å²) in [6.45, 7) is 1.79. The molecule has 1 fully saturated rings. The van der Waals surface area contributed by atoms with E-state index in [9.17, 15) is 9.59 Å². The summed E-state index contributed by atoms with van der Waals surface area (Å²) in [7, 11) is 0. The summed E-state index contributed by atoms with van der Waals surface area (Å²) in [6.07, 6.45) is 0.288. The summed E-state index contributed by atoms with van der Waals surface area (Å²) in [5.41, 5.74) is 0.694. The van der Waals surface area contributed by atoms with Crippen molar-refractivity contribution in [3.8, 4) is 0 Å². The number of para-hydroxylation sites is 1. The van der Waals surface area contributed by atoms with Gasteiger partial charge in [-0.25, -0.2) is 0 Å². The molecule has 1 aromatic carbocycles. The summed E-state index contributed by atoms with van der Waals surface area (Å²) in [5, 5.41) is 2.70. The van der Waals surface area contributed by atoms with Gasteiger partial charge < -0.3 is 10.1 Å². The van der Waals surface area contributed by atoms with Crippen LogP contribution < -0.4 is 5.32 Å². The molecule has 0 saturated carbocycles. The molecule has 0 radical (unpaired) electrons. The third-order valence-corrected chi connectivity index (χ3v) is 2.53. The molecule has 1 N–H and O–H groups in total. The summed E-state index contributed by atoms with van der Waals surface area (Å²) in [4.78, 5) is 23.1. The van der Waals surface area contributed by atoms with E-state index < -0.39 is 11.9 Å². The van der Waals surface area contributed by atoms with Gasteiger partial charge in [-0.05, 0) is 19.1 Å². The minimum Gasteiger partial charge on any atom is -0.462 e. The molecule has 1 saturated heterocycles. The van der Waals surface area contributed by atoms with Crippen LogP contribution in [0.5, 0.6) is 0 Å². The number of esters is 1. The number of benzene rings is 1. The van der Waals surface area contributed by atoms with Crippen LogP contribution in [-0.2, 0) is 14.3 Å². The van der Waals surface area contributed by atoms with Gasteiger partial charge in [-0.1, -0.05) is 18.2 Å². The molecule has 4 nitrogen and oxygen atoms in total. The van der Waals surface area contributed by atoms with Crippen molar-refractivity contribution in [3.63, 3.8) is 0 Å². The lowest BCUT2D eigenvalue weighted by Gasteiger charge is -2.07. The zero-order valence-electron chi connectivity index (χ0n) is 8.97. The first-order valence-corrected chi connectivity index (χ1v) is 5.23. The van der Waals surface area contributed by atoms with Gasteiger partial charge in [-0.2, -0.15) is 0 Å². The summed E-state index contributed by atoms with van der Waals surface area (Å²) in [6, 6.07) is 9.07. The zero-order valence-corrected chi connectivity index (χ0v) is 8.97. The lowest BCUT2D eigenvalue weighted by Crippen LogP contribution is -2.26. The Bertz CT molecular complexity index is 402. The Kier molecular flexibility index (Phi) is 2.90. The molecule has 84 valence electrons. The lowest BCUT2D eigenvalue weighted by atomic mass is 10.0. The van der Waals surface area contributed by atoms with Gasteiger partial charge in [0.1, 0.15) is 12.0 Å². The highest BCUT2D eigenvalue weighted by Gasteiger charge is 2.37. The number of cyclic esters (lactones) is 1. The molecule has 0 spiro atoms. The third-order valence-electron chi connectivity index (χ3n) is 2.53. The van der Waals surface area contributed by atoms with Gasteiger partial charge in [-0.15, -0.1) is 0 Å². The summed E-state index contributed by atoms with van der Waals surface area (Å²) in [5.74, 6) is -1.39. The molecular formula is C12H13NO3. The van der Waals surface area contributed by atoms with E-state index in [2.05, 4.69) is 5.32 Å². The Morgan fingerprint density at radius 3 is 2.62 bits per heavy atom. The van der Waals surface area contributed by atoms with Crippen molar-refractivity contribution in [1.29, 1.82) is 0 Å². The lowest BCUT2D eigenvalue weighted by molar-refractivity contribution is -0.145. The van der Waals surface area contributed by atoms with E-state index in [1.807, 2.05) is 18.2 Å². The highest BCUT2D eigenvalue weighted by atomic mass is 16.5. The van der Waals surface area contributed by atoms with E-state index in [0.717, 1.165) is 0 Å². The van der Waals surface area contributed by atoms with Crippen molar-refractivity contribution < 1.29 is 14.3 Å². The van der Waals surface area contributed by atoms with E-state index >= 15 is 0 Å². The second-order valence-electron chi connectivity index (χ2n) is 3.89. The first-order chi connectivity index (χ1) is 7.66. The van der Waals surface area contributed by atoms with E-state index in [0.29, 0.717) is 12.1 Å². The number of hydrogen-bond acceptors (Lipinski definition) is 3. The van der Waals surface area contributed by atoms with E-state index in [4.69, 9.17) is 4.74 Å². The van der Waals surface area contributed by atoms with Gasteiger partial charge in [0.05, 0.1) is 0 Å². The number of amides is 1. The number of nitrogens with one attached hydrogen (secondary N) is 1. The van der Waals surface area contributed by atoms with E-state index in [-0.39, 0.29) is 12.0 Å². The van der Waals surface area contributed by atoms with Crippen LogP contribution in [0.3, 0.4) is 0 Å². The maximum Gasteiger partial charge on any atom is 0.318 e. The average molecular weight is 219 g/mol. The highest BCUT2D eigenvalue weighted by molar-refractivity contribution is 6.05. The molecule has 0 bridgehead atoms. The molecule has 1 aliphatic heterocycles. The number of ether oxygens (including phenoxy) is 1. The minimum atomic E-state index is -0.671. The van der Waals surface area contributed by atoms with Gasteiger partial charge in [0.15, 0.2) is 0 Å². The molecule has 2 atom stereocenters. The Morgan fingerprint density at radius 2 is 2.06 bits per heavy atom. The van der Waals surface area contributed by atoms with Gasteiger partial charge in [0.25, 0.3) is 0 Å². The van der Waals surface area contributed by atoms with E-state index in [1.54, 1.807) is 19.1 Å². The fourth-order valence-corrected chi connectivity index (χ4v) is 1.72. The fraction of sp³-hybridized carbons (Fsp3) is 0.333. The Hall–Kier alpha value is -1.84. The van der Waals surface area contributed by atoms with Crippen molar-refractivity contribution in [2.24, 2.45) is 5.92 Å². The predicted molar refractivity (Wildman–Crippen MR) is 58.7 cm³/mol. The third kappa shape index (κ3) is 2.21. The first-order valence-electron chi connectivity index (χ1n) is 5.23. The Labute approximate surface area is 93.6 Å². The molecule has 1 amide bonds. The molecule has 0 aliphatic carbocycles. The number of carbonyl (C=O) groups is 2. The minimum absolute atomic E-state index is 0.168. The SMILES string of the molecule is C[C@H]1C[C@@H](C(=O)Nc2ccccc2)C(=O)O1. The smallest absolute Gasteiger partial charge is 0.318 e. The fourth-order valence-electron chi connectivity index (χ4n) is 1.72. The van der Waals surface area contributed by atoms with Crippen molar-refractivity contribution >= 4 is 17.6 Å². The predicted octanol–water partition coefficient (Wildman–Crippen LogP) is 1.58. The molecule has 1 heterocycles. The van der Waals surface area contributed by atoms with Gasteiger partial charge in [0.2, 0.25) is 5.91 Å². The number of carbonyl (C=O) groups excluding carboxylic acids is 2.